The summed E-state index contributed by atoms with van der Waals surface area (Å²) in [7, 11) is 0. The molecule has 1 aromatic heterocycles. The second kappa shape index (κ2) is 7.53. The summed E-state index contributed by atoms with van der Waals surface area (Å²) >= 11 is 12.4. The predicted octanol–water partition coefficient (Wildman–Crippen LogP) is 3.82. The van der Waals surface area contributed by atoms with E-state index < -0.39 is 0 Å². The Bertz CT molecular complexity index is 1080. The summed E-state index contributed by atoms with van der Waals surface area (Å²) in [5.41, 5.74) is 2.11. The van der Waals surface area contributed by atoms with Crippen LogP contribution in [-0.2, 0) is 11.3 Å². The fraction of sp³-hybridized carbons (Fsp3) is 0.105. The van der Waals surface area contributed by atoms with Gasteiger partial charge < -0.3 is 15.4 Å². The number of benzene rings is 2. The first-order valence-electron chi connectivity index (χ1n) is 8.33. The number of fused-ring (bicyclic) bond motifs is 1. The number of nitrogens with one attached hydrogen (secondary N) is 2. The molecule has 0 unspecified atom stereocenters. The zero-order valence-corrected chi connectivity index (χ0v) is 15.9. The summed E-state index contributed by atoms with van der Waals surface area (Å²) in [6.07, 6.45) is 3.09. The third-order valence-corrected chi connectivity index (χ3v) is 4.82. The molecule has 0 saturated heterocycles. The highest BCUT2D eigenvalue weighted by Crippen LogP contribution is 2.36. The van der Waals surface area contributed by atoms with Crippen molar-refractivity contribution in [1.29, 1.82) is 0 Å². The third kappa shape index (κ3) is 3.81. The molecule has 2 amide bonds. The SMILES string of the molecule is O=C1COc2cc(NC(=O)c3cnn(Cc4ccccc4Cl)c3)c(Cl)cc2N1. The van der Waals surface area contributed by atoms with Crippen molar-refractivity contribution in [2.24, 2.45) is 0 Å². The lowest BCUT2D eigenvalue weighted by Crippen LogP contribution is -2.25. The molecule has 0 fully saturated rings. The second-order valence-electron chi connectivity index (χ2n) is 6.14. The van der Waals surface area contributed by atoms with Crippen LogP contribution in [0.4, 0.5) is 11.4 Å². The van der Waals surface area contributed by atoms with Crippen LogP contribution in [0.15, 0.2) is 48.8 Å². The number of anilines is 2. The van der Waals surface area contributed by atoms with Crippen molar-refractivity contribution in [2.45, 2.75) is 6.54 Å². The van der Waals surface area contributed by atoms with Gasteiger partial charge in [0.05, 0.1) is 34.7 Å². The van der Waals surface area contributed by atoms with Gasteiger partial charge in [0.1, 0.15) is 5.75 Å². The molecule has 0 spiro atoms. The Balaban J connectivity index is 1.50. The Morgan fingerprint density at radius 1 is 1.25 bits per heavy atom. The number of ether oxygens (including phenoxy) is 1. The van der Waals surface area contributed by atoms with Crippen molar-refractivity contribution in [3.05, 3.63) is 70.0 Å². The van der Waals surface area contributed by atoms with Crippen molar-refractivity contribution in [3.8, 4) is 5.75 Å². The minimum Gasteiger partial charge on any atom is -0.482 e. The summed E-state index contributed by atoms with van der Waals surface area (Å²) in [4.78, 5) is 23.9. The Morgan fingerprint density at radius 2 is 2.07 bits per heavy atom. The summed E-state index contributed by atoms with van der Waals surface area (Å²) < 4.78 is 6.98. The Morgan fingerprint density at radius 3 is 2.89 bits per heavy atom. The van der Waals surface area contributed by atoms with E-state index >= 15 is 0 Å². The second-order valence-corrected chi connectivity index (χ2v) is 6.95. The highest BCUT2D eigenvalue weighted by Gasteiger charge is 2.19. The number of amides is 2. The van der Waals surface area contributed by atoms with Gasteiger partial charge in [-0.1, -0.05) is 41.4 Å². The zero-order valence-electron chi connectivity index (χ0n) is 14.4. The maximum atomic E-state index is 12.6. The van der Waals surface area contributed by atoms with Gasteiger partial charge in [0.15, 0.2) is 6.61 Å². The molecular formula is C19H14Cl2N4O3. The summed E-state index contributed by atoms with van der Waals surface area (Å²) in [5.74, 6) is -0.188. The number of hydrogen-bond acceptors (Lipinski definition) is 4. The minimum absolute atomic E-state index is 0.0865. The number of halogens is 2. The minimum atomic E-state index is -0.368. The molecule has 7 nitrogen and oxygen atoms in total. The first-order chi connectivity index (χ1) is 13.5. The number of aromatic nitrogens is 2. The lowest BCUT2D eigenvalue weighted by molar-refractivity contribution is -0.118. The van der Waals surface area contributed by atoms with Crippen molar-refractivity contribution < 1.29 is 14.3 Å². The van der Waals surface area contributed by atoms with Crippen molar-refractivity contribution in [3.63, 3.8) is 0 Å². The molecule has 0 atom stereocenters. The fourth-order valence-corrected chi connectivity index (χ4v) is 3.17. The monoisotopic (exact) mass is 416 g/mol. The van der Waals surface area contributed by atoms with E-state index in [0.29, 0.717) is 34.3 Å². The first-order valence-corrected chi connectivity index (χ1v) is 9.08. The number of carbonyl (C=O) groups excluding carboxylic acids is 2. The van der Waals surface area contributed by atoms with Gasteiger partial charge in [0.2, 0.25) is 0 Å². The van der Waals surface area contributed by atoms with E-state index in [1.54, 1.807) is 23.0 Å². The lowest BCUT2D eigenvalue weighted by Gasteiger charge is -2.19. The standard InChI is InChI=1S/C19H14Cl2N4O3/c20-13-4-2-1-3-11(13)8-25-9-12(7-22-25)19(27)24-15-6-17-16(5-14(15)21)23-18(26)10-28-17/h1-7,9H,8,10H2,(H,23,26)(H,24,27). The predicted molar refractivity (Wildman–Crippen MR) is 106 cm³/mol. The number of nitrogens with zero attached hydrogens (tertiary/aromatic N) is 2. The smallest absolute Gasteiger partial charge is 0.262 e. The molecule has 4 rings (SSSR count). The molecule has 28 heavy (non-hydrogen) atoms. The summed E-state index contributed by atoms with van der Waals surface area (Å²) in [5, 5.41) is 10.5. The average molecular weight is 417 g/mol. The highest BCUT2D eigenvalue weighted by molar-refractivity contribution is 6.34. The quantitative estimate of drug-likeness (QED) is 0.676. The van der Waals surface area contributed by atoms with Gasteiger partial charge in [-0.3, -0.25) is 14.3 Å². The Hall–Kier alpha value is -3.03. The number of rotatable bonds is 4. The number of hydrogen-bond donors (Lipinski definition) is 2. The number of carbonyl (C=O) groups is 2. The normalized spacial score (nSPS) is 12.7. The topological polar surface area (TPSA) is 85.2 Å². The van der Waals surface area contributed by atoms with Crippen LogP contribution in [0.25, 0.3) is 0 Å². The zero-order chi connectivity index (χ0) is 19.7. The maximum absolute atomic E-state index is 12.6. The van der Waals surface area contributed by atoms with E-state index in [2.05, 4.69) is 15.7 Å². The van der Waals surface area contributed by atoms with Crippen LogP contribution in [0, 0.1) is 0 Å². The van der Waals surface area contributed by atoms with Gasteiger partial charge in [-0.25, -0.2) is 0 Å². The molecule has 142 valence electrons. The molecule has 1 aliphatic rings. The maximum Gasteiger partial charge on any atom is 0.262 e. The van der Waals surface area contributed by atoms with Crippen LogP contribution >= 0.6 is 23.2 Å². The van der Waals surface area contributed by atoms with E-state index in [0.717, 1.165) is 5.56 Å². The average Bonchev–Trinajstić information content (AvgIpc) is 3.13. The van der Waals surface area contributed by atoms with E-state index in [1.165, 1.54) is 12.3 Å². The molecule has 9 heteroatoms. The summed E-state index contributed by atoms with van der Waals surface area (Å²) in [6, 6.07) is 10.5. The molecule has 2 heterocycles. The molecule has 0 saturated carbocycles. The van der Waals surface area contributed by atoms with E-state index in [-0.39, 0.29) is 23.4 Å². The van der Waals surface area contributed by atoms with Gasteiger partial charge in [-0.2, -0.15) is 5.10 Å². The molecule has 3 aromatic rings. The summed E-state index contributed by atoms with van der Waals surface area (Å²) in [6.45, 7) is 0.358. The van der Waals surface area contributed by atoms with Gasteiger partial charge in [0.25, 0.3) is 11.8 Å². The highest BCUT2D eigenvalue weighted by atomic mass is 35.5. The third-order valence-electron chi connectivity index (χ3n) is 4.14. The van der Waals surface area contributed by atoms with Crippen molar-refractivity contribution in [2.75, 3.05) is 17.2 Å². The Labute approximate surface area is 170 Å². The van der Waals surface area contributed by atoms with Gasteiger partial charge in [-0.05, 0) is 17.7 Å². The lowest BCUT2D eigenvalue weighted by atomic mass is 10.2. The van der Waals surface area contributed by atoms with E-state index in [4.69, 9.17) is 27.9 Å². The van der Waals surface area contributed by atoms with Crippen molar-refractivity contribution >= 4 is 46.4 Å². The van der Waals surface area contributed by atoms with E-state index in [1.807, 2.05) is 18.2 Å². The van der Waals surface area contributed by atoms with Crippen LogP contribution in [0.2, 0.25) is 10.0 Å². The fourth-order valence-electron chi connectivity index (χ4n) is 2.76. The van der Waals surface area contributed by atoms with Crippen molar-refractivity contribution in [1.82, 2.24) is 9.78 Å². The first kappa shape index (κ1) is 18.3. The Kier molecular flexibility index (Phi) is 4.93. The van der Waals surface area contributed by atoms with Crippen LogP contribution < -0.4 is 15.4 Å². The molecule has 2 N–H and O–H groups in total. The van der Waals surface area contributed by atoms with Crippen LogP contribution in [0.5, 0.6) is 5.75 Å². The molecular weight excluding hydrogens is 403 g/mol. The van der Waals surface area contributed by atoms with E-state index in [9.17, 15) is 9.59 Å². The van der Waals surface area contributed by atoms with Gasteiger partial charge in [-0.15, -0.1) is 0 Å². The molecule has 0 aliphatic carbocycles. The molecule has 1 aliphatic heterocycles. The van der Waals surface area contributed by atoms with Crippen LogP contribution in [0.3, 0.4) is 0 Å². The largest absolute Gasteiger partial charge is 0.482 e. The van der Waals surface area contributed by atoms with Crippen LogP contribution in [0.1, 0.15) is 15.9 Å². The van der Waals surface area contributed by atoms with Gasteiger partial charge in [0, 0.05) is 17.3 Å². The molecule has 0 bridgehead atoms. The van der Waals surface area contributed by atoms with Gasteiger partial charge >= 0.3 is 0 Å². The molecule has 0 radical (unpaired) electrons. The van der Waals surface area contributed by atoms with Crippen LogP contribution in [-0.4, -0.2) is 28.2 Å². The molecule has 2 aromatic carbocycles.